The van der Waals surface area contributed by atoms with Crippen LogP contribution in [0.5, 0.6) is 0 Å². The number of carbonyl (C=O) groups excluding carboxylic acids is 1. The Morgan fingerprint density at radius 3 is 1.22 bits per heavy atom. The Morgan fingerprint density at radius 1 is 0.535 bits per heavy atom. The van der Waals surface area contributed by atoms with E-state index in [9.17, 15) is 107 Å². The smallest absolute Gasteiger partial charge is 0.323 e. The van der Waals surface area contributed by atoms with Crippen molar-refractivity contribution in [2.45, 2.75) is 204 Å². The third kappa shape index (κ3) is 19.2. The summed E-state index contributed by atoms with van der Waals surface area (Å²) >= 11 is 5.93. The highest BCUT2D eigenvalue weighted by molar-refractivity contribution is 6.18. The van der Waals surface area contributed by atoms with E-state index in [1.54, 1.807) is 33.8 Å². The summed E-state index contributed by atoms with van der Waals surface area (Å²) in [6.45, 7) is 16.5. The van der Waals surface area contributed by atoms with Crippen LogP contribution in [-0.4, -0.2) is 357 Å². The van der Waals surface area contributed by atoms with Crippen LogP contribution < -0.4 is 39.8 Å². The van der Waals surface area contributed by atoms with Crippen LogP contribution in [0.4, 0.5) is 30.7 Å². The standard InChI is InChI=1S/C16H24ClFN4O4.C13H18FN3O3.C12H17F2N3O3.C12H12FN5O4.C12H15FN4O5.C11H16FN3O4/c1-8(2)12(20)15(24)25-13-11(18)14(26-16(13,6-17)7-23)22-5-4-10(19)21-9(22)3;1-7-16-9(15)4-5-17(7)12-10(14)11(19)13(6-18,20-12)8-2-3-8;1-6(13)12(5-18)10(19)9(14)11(20-12)17-4-3-8(15)16-7(17)2;1-5-16-9-7(10(21)17-5)15-4-18(9)11-6(13)8(20)12(2-14,3-19)22-11;1-5-15-9-7(10(21)16-5)14-4-17(9)11-6(13)8(20)12(2-18,3-19)22-11;1-6-14-7(13)2-3-15(6)10-8(12)9(18)11(4-16,5-17)19-10/h4-5,8,11-14,23H,3,6-7,20H2,1-2H3,(H2,19,21);4-5,8,10-12,18-19H,1-3,6H2,(H2,15,16);3-4,6,9-11,18-19H,2,5H2,1H3,(H2,15,16);4,6,8,11,19-20H,3H2,1H3,(H,16,17,21);4,6,8,11,18-20H,2-3H2,1H3,(H,15,16,21);2-3,8-10,16-18H,1,4-5H2,(H2,13,14)/t11-,12?,13+,14-,16-;10-,11+,12-,13+;6?,9-,10+,11-,12+;6-,8+,11-,12-;6-,8+,11-;8-,9+,10-/m111111/s1. The lowest BCUT2D eigenvalue weighted by Crippen LogP contribution is -2.52. The van der Waals surface area contributed by atoms with Gasteiger partial charge in [-0.05, 0) is 69.8 Å². The van der Waals surface area contributed by atoms with E-state index < -0.39 is 227 Å². The number of nitriles is 1. The number of ether oxygens (including phenoxy) is 7. The number of aryl methyl sites for hydroxylation is 2. The summed E-state index contributed by atoms with van der Waals surface area (Å²) in [5, 5.41) is 134. The molecule has 0 radical (unpaired) electrons. The molecule has 25 N–H and O–H groups in total. The number of aliphatic imine (C=N–C) groups is 4. The van der Waals surface area contributed by atoms with Crippen molar-refractivity contribution >= 4 is 63.2 Å². The Morgan fingerprint density at radius 2 is 0.891 bits per heavy atom. The first-order valence-electron chi connectivity index (χ1n) is 39.4. The molecule has 45 nitrogen and oxygen atoms in total. The summed E-state index contributed by atoms with van der Waals surface area (Å²) in [7, 11) is 0. The highest BCUT2D eigenvalue weighted by atomic mass is 35.5. The number of carbonyl (C=O) groups is 1. The van der Waals surface area contributed by atoms with Gasteiger partial charge in [-0.2, -0.15) is 5.26 Å². The number of aromatic nitrogens is 8. The van der Waals surface area contributed by atoms with Crippen molar-refractivity contribution in [2.24, 2.45) is 60.5 Å². The normalized spacial score (nSPS) is 34.1. The quantitative estimate of drug-likeness (QED) is 0.0225. The van der Waals surface area contributed by atoms with Crippen molar-refractivity contribution < 1.29 is 135 Å². The largest absolute Gasteiger partial charge is 0.455 e. The van der Waals surface area contributed by atoms with Crippen molar-refractivity contribution in [3.05, 3.63) is 144 Å². The fraction of sp³-hybridized carbons (Fsp3) is 0.579. The van der Waals surface area contributed by atoms with Crippen LogP contribution in [-0.2, 0) is 38.0 Å². The van der Waals surface area contributed by atoms with Crippen molar-refractivity contribution in [3.8, 4) is 6.07 Å². The number of hydrogen-bond acceptors (Lipinski definition) is 41. The highest BCUT2D eigenvalue weighted by Gasteiger charge is 2.66. The van der Waals surface area contributed by atoms with Gasteiger partial charge >= 0.3 is 5.97 Å². The molecule has 0 spiro atoms. The summed E-state index contributed by atoms with van der Waals surface area (Å²) in [4.78, 5) is 77.3. The van der Waals surface area contributed by atoms with Crippen LogP contribution in [0.25, 0.3) is 22.3 Å². The number of H-pyrrole nitrogens is 2. The van der Waals surface area contributed by atoms with Crippen molar-refractivity contribution in [1.29, 1.82) is 5.26 Å². The number of aromatic amines is 2. The van der Waals surface area contributed by atoms with Gasteiger partial charge in [0, 0.05) is 24.8 Å². The summed E-state index contributed by atoms with van der Waals surface area (Å²) in [5.74, 6) is 0.800. The lowest BCUT2D eigenvalue weighted by atomic mass is 9.91. The Kier molecular flexibility index (Phi) is 31.4. The zero-order chi connectivity index (χ0) is 95.6. The Bertz CT molecular complexity index is 5120. The molecule has 14 heterocycles. The summed E-state index contributed by atoms with van der Waals surface area (Å²) in [6, 6.07) is 0.643. The zero-order valence-electron chi connectivity index (χ0n) is 69.6. The number of esters is 1. The molecule has 15 rings (SSSR count). The monoisotopic (exact) mass is 1860 g/mol. The molecular formula is C76H102ClF7N22O23. The molecule has 129 heavy (non-hydrogen) atoms. The maximum atomic E-state index is 15.2. The number of nitrogens with one attached hydrogen (secondary N) is 2. The Balaban J connectivity index is 0.000000161. The topological polar surface area (TPSA) is 688 Å². The van der Waals surface area contributed by atoms with E-state index in [1.165, 1.54) is 79.6 Å². The minimum atomic E-state index is -2.07. The molecule has 1 saturated carbocycles. The number of rotatable bonds is 20. The van der Waals surface area contributed by atoms with Gasteiger partial charge in [-0.1, -0.05) is 40.2 Å². The van der Waals surface area contributed by atoms with Crippen LogP contribution in [0, 0.1) is 37.0 Å². The fourth-order valence-electron chi connectivity index (χ4n) is 14.9. The molecule has 4 aromatic heterocycles. The van der Waals surface area contributed by atoms with Crippen molar-refractivity contribution in [1.82, 2.24) is 58.6 Å². The zero-order valence-corrected chi connectivity index (χ0v) is 70.4. The molecule has 710 valence electrons. The number of halogens is 8. The first-order valence-corrected chi connectivity index (χ1v) is 40.0. The van der Waals surface area contributed by atoms with Crippen LogP contribution in [0.2, 0.25) is 0 Å². The SMILES string of the molecule is C=C1N=C(N)C=CN1[C@@H]1OC(CO)(CO)[C@@H](O)[C@H]1F.C=C1N=C(N)C=CN1[C@@H]1O[C@@](CO)(C(C)F)[C@@H](O)[C@H]1F.C=C1N=C(N)C=CN1[C@@H]1O[C@@](CO)(C2CC2)[C@@H](O)[C@H]1F.C=C1N=C(N)C=CN1[C@@H]1O[C@@](CO)(CCl)[C@@H](OC(=O)C(N)C(C)C)[C@H]1F.Cc1nc2c(ncn2[C@@H]2OC(CO)(CO)[C@@H](O)[C@H]2F)c(=O)[nH]1.Cc1nc2c(ncn2[C@@H]2O[C@](C#N)(CO)[C@@H](O)[C@H]2F)c(=O)[nH]1. The van der Waals surface area contributed by atoms with Crippen LogP contribution in [0.3, 0.4) is 0 Å². The number of amidine groups is 4. The van der Waals surface area contributed by atoms with Gasteiger partial charge in [-0.15, -0.1) is 11.6 Å². The van der Waals surface area contributed by atoms with E-state index in [0.717, 1.165) is 30.7 Å². The summed E-state index contributed by atoms with van der Waals surface area (Å²) < 4.78 is 140. The molecule has 1 aliphatic carbocycles. The number of imidazole rings is 2. The van der Waals surface area contributed by atoms with E-state index in [2.05, 4.69) is 76.2 Å². The maximum absolute atomic E-state index is 15.2. The molecule has 24 atom stereocenters. The molecule has 11 aliphatic rings. The van der Waals surface area contributed by atoms with E-state index in [1.807, 2.05) is 0 Å². The van der Waals surface area contributed by atoms with E-state index in [-0.39, 0.29) is 86.7 Å². The Labute approximate surface area is 732 Å². The molecular weight excluding hydrogens is 1760 g/mol. The minimum Gasteiger partial charge on any atom is -0.455 e. The lowest BCUT2D eigenvalue weighted by molar-refractivity contribution is -0.167. The number of alkyl halides is 8. The number of nitrogens with zero attached hydrogens (tertiary/aromatic N) is 15. The van der Waals surface area contributed by atoms with E-state index in [0.29, 0.717) is 11.6 Å². The number of fused-ring (bicyclic) bond motifs is 2. The van der Waals surface area contributed by atoms with Gasteiger partial charge in [-0.25, -0.2) is 70.6 Å². The first kappa shape index (κ1) is 101. The van der Waals surface area contributed by atoms with Crippen molar-refractivity contribution in [3.63, 3.8) is 0 Å². The lowest BCUT2D eigenvalue weighted by Gasteiger charge is -2.33. The fourth-order valence-corrected chi connectivity index (χ4v) is 15.2. The van der Waals surface area contributed by atoms with Gasteiger partial charge in [-0.3, -0.25) is 23.5 Å². The third-order valence-electron chi connectivity index (χ3n) is 22.8. The molecule has 0 aromatic carbocycles. The van der Waals surface area contributed by atoms with Gasteiger partial charge in [0.25, 0.3) is 11.1 Å². The molecule has 2 unspecified atom stereocenters. The second-order valence-corrected chi connectivity index (χ2v) is 31.9. The molecule has 0 amide bonds. The van der Waals surface area contributed by atoms with Crippen molar-refractivity contribution in [2.75, 3.05) is 58.7 Å². The number of aliphatic hydroxyl groups excluding tert-OH is 13. The predicted molar refractivity (Wildman–Crippen MR) is 437 cm³/mol. The van der Waals surface area contributed by atoms with Crippen LogP contribution in [0.15, 0.2) is 141 Å². The van der Waals surface area contributed by atoms with Crippen LogP contribution in [0.1, 0.15) is 57.7 Å². The summed E-state index contributed by atoms with van der Waals surface area (Å²) in [5.41, 5.74) is 16.5. The second-order valence-electron chi connectivity index (χ2n) is 31.6. The minimum absolute atomic E-state index is 0.00128. The molecule has 7 fully saturated rings. The van der Waals surface area contributed by atoms with Gasteiger partial charge in [0.2, 0.25) is 5.60 Å². The first-order chi connectivity index (χ1) is 60.8. The molecule has 53 heteroatoms. The van der Waals surface area contributed by atoms with Gasteiger partial charge < -0.3 is 158 Å². The van der Waals surface area contributed by atoms with Gasteiger partial charge in [0.1, 0.15) is 129 Å². The predicted octanol–water partition coefficient (Wildman–Crippen LogP) is -4.45. The second kappa shape index (κ2) is 40.2. The number of aliphatic hydroxyl groups is 13. The average molecular weight is 1860 g/mol. The third-order valence-corrected chi connectivity index (χ3v) is 23.3. The average Bonchev–Trinajstić information content (AvgIpc) is 1.57. The number of hydrogen-bond donors (Lipinski definition) is 20. The number of nitrogens with two attached hydrogens (primary N) is 5. The maximum Gasteiger partial charge on any atom is 0.323 e. The molecule has 10 aliphatic heterocycles. The van der Waals surface area contributed by atoms with Crippen LogP contribution >= 0.6 is 11.6 Å². The van der Waals surface area contributed by atoms with Gasteiger partial charge in [0.05, 0.1) is 71.4 Å². The van der Waals surface area contributed by atoms with E-state index >= 15 is 4.39 Å². The van der Waals surface area contributed by atoms with E-state index in [4.69, 9.17) is 78.7 Å². The highest BCUT2D eigenvalue weighted by Crippen LogP contribution is 2.51. The molecule has 0 bridgehead atoms. The Hall–Kier alpha value is -10.3. The molecule has 6 saturated heterocycles. The molecule has 4 aromatic rings. The summed E-state index contributed by atoms with van der Waals surface area (Å²) in [6.07, 6.45) is -15.0. The van der Waals surface area contributed by atoms with Gasteiger partial charge in [0.15, 0.2) is 108 Å².